The number of anilines is 2. The number of aliphatic hydroxyl groups is 1. The van der Waals surface area contributed by atoms with Gasteiger partial charge in [-0.1, -0.05) is 19.1 Å². The molecule has 0 bridgehead atoms. The molecule has 2 aromatic carbocycles. The number of methoxy groups -OCH3 is 1. The number of nitrogens with zero attached hydrogens (tertiary/aromatic N) is 9. The molecule has 7 rings (SSSR count). The summed E-state index contributed by atoms with van der Waals surface area (Å²) in [4.78, 5) is 59.8. The van der Waals surface area contributed by atoms with Crippen molar-refractivity contribution in [2.24, 2.45) is 11.5 Å². The van der Waals surface area contributed by atoms with E-state index in [9.17, 15) is 19.5 Å². The highest BCUT2D eigenvalue weighted by atomic mass is 32.1. The standard InChI is InChI=1S/C45H59N13O6S/c1-8-31-39(65-28(6)48-31)43(62)52-45-49-32-22-29(40(46)59)24-35(63-7)37(32)56(45)14-10-11-15-57-38-33(50-44(57)51-42(61)34-21-27(5)53-58(34)9-2)23-30(41(47)60)25-36(38)64-20-12-13-54-16-18-55(19-17-54)26(3)4/h10-11,21-26,40,59H,8-9,12-20,46H2,1-7H3,(H2,47,60)(H,49,52,62)(H,50,51,61)/b11-10+. The molecule has 1 aliphatic heterocycles. The minimum atomic E-state index is -1.28. The molecule has 0 spiro atoms. The number of benzene rings is 2. The van der Waals surface area contributed by atoms with E-state index in [1.807, 2.05) is 44.4 Å². The maximum atomic E-state index is 13.9. The van der Waals surface area contributed by atoms with Gasteiger partial charge in [0.05, 0.1) is 41.1 Å². The lowest BCUT2D eigenvalue weighted by Crippen LogP contribution is -2.49. The second kappa shape index (κ2) is 20.3. The Bertz CT molecular complexity index is 2720. The molecule has 1 fully saturated rings. The third-order valence-electron chi connectivity index (χ3n) is 11.5. The number of rotatable bonds is 19. The molecule has 0 aliphatic carbocycles. The molecule has 20 heteroatoms. The largest absolute Gasteiger partial charge is 0.494 e. The number of piperazine rings is 1. The monoisotopic (exact) mass is 909 g/mol. The molecule has 1 saturated heterocycles. The number of aliphatic hydroxyl groups excluding tert-OH is 1. The van der Waals surface area contributed by atoms with Gasteiger partial charge in [-0.25, -0.2) is 15.0 Å². The van der Waals surface area contributed by atoms with Gasteiger partial charge in [-0.3, -0.25) is 34.6 Å². The van der Waals surface area contributed by atoms with Crippen molar-refractivity contribution in [1.29, 1.82) is 0 Å². The van der Waals surface area contributed by atoms with E-state index in [0.717, 1.165) is 44.2 Å². The van der Waals surface area contributed by atoms with Crippen LogP contribution in [0.25, 0.3) is 22.1 Å². The lowest BCUT2D eigenvalue weighted by atomic mass is 10.1. The van der Waals surface area contributed by atoms with Gasteiger partial charge in [-0.05, 0) is 77.8 Å². The van der Waals surface area contributed by atoms with Crippen LogP contribution in [-0.2, 0) is 26.1 Å². The zero-order chi connectivity index (χ0) is 46.5. The predicted octanol–water partition coefficient (Wildman–Crippen LogP) is 4.85. The number of ether oxygens (including phenoxy) is 2. The first-order valence-electron chi connectivity index (χ1n) is 21.9. The summed E-state index contributed by atoms with van der Waals surface area (Å²) in [6.45, 7) is 18.1. The summed E-state index contributed by atoms with van der Waals surface area (Å²) in [7, 11) is 1.51. The molecular weight excluding hydrogens is 851 g/mol. The molecule has 65 heavy (non-hydrogen) atoms. The summed E-state index contributed by atoms with van der Waals surface area (Å²) >= 11 is 1.31. The second-order valence-electron chi connectivity index (χ2n) is 16.2. The van der Waals surface area contributed by atoms with Gasteiger partial charge in [0.1, 0.15) is 39.3 Å². The maximum absolute atomic E-state index is 13.9. The summed E-state index contributed by atoms with van der Waals surface area (Å²) in [5, 5.41) is 21.5. The van der Waals surface area contributed by atoms with E-state index in [-0.39, 0.29) is 36.5 Å². The summed E-state index contributed by atoms with van der Waals surface area (Å²) in [5.74, 6) is -0.161. The van der Waals surface area contributed by atoms with Crippen molar-refractivity contribution in [3.8, 4) is 11.5 Å². The van der Waals surface area contributed by atoms with E-state index >= 15 is 0 Å². The molecule has 4 aromatic heterocycles. The summed E-state index contributed by atoms with van der Waals surface area (Å²) < 4.78 is 17.5. The number of allylic oxidation sites excluding steroid dienone is 2. The number of amides is 3. The highest BCUT2D eigenvalue weighted by Crippen LogP contribution is 2.34. The minimum Gasteiger partial charge on any atom is -0.494 e. The van der Waals surface area contributed by atoms with Crippen LogP contribution in [0.2, 0.25) is 0 Å². The zero-order valence-corrected chi connectivity index (χ0v) is 38.9. The number of thiazole rings is 1. The number of imidazole rings is 2. The lowest BCUT2D eigenvalue weighted by Gasteiger charge is -2.36. The number of carbonyl (C=O) groups excluding carboxylic acids is 3. The molecule has 0 radical (unpaired) electrons. The Morgan fingerprint density at radius 3 is 2.14 bits per heavy atom. The SMILES string of the molecule is CCc1nc(C)sc1C(=O)Nc1nc2cc(C(N)O)cc(OC)c2n1C/C=C/Cn1c(NC(=O)c2cc(C)nn2CC)nc2cc(C(N)=O)cc(OCCCN3CCN(C(C)C)CC3)c21. The van der Waals surface area contributed by atoms with Crippen molar-refractivity contribution in [1.82, 2.24) is 43.7 Å². The quantitative estimate of drug-likeness (QED) is 0.0416. The number of fused-ring (bicyclic) bond motifs is 2. The third-order valence-corrected chi connectivity index (χ3v) is 12.5. The van der Waals surface area contributed by atoms with E-state index in [2.05, 4.69) is 44.4 Å². The molecule has 7 N–H and O–H groups in total. The molecule has 1 atom stereocenters. The Balaban J connectivity index is 1.23. The molecule has 6 aromatic rings. The van der Waals surface area contributed by atoms with E-state index in [1.54, 1.807) is 39.6 Å². The molecule has 5 heterocycles. The van der Waals surface area contributed by atoms with Crippen LogP contribution in [-0.4, -0.2) is 119 Å². The fourth-order valence-corrected chi connectivity index (χ4v) is 9.02. The van der Waals surface area contributed by atoms with Crippen molar-refractivity contribution in [3.63, 3.8) is 0 Å². The van der Waals surface area contributed by atoms with Gasteiger partial charge in [-0.2, -0.15) is 5.10 Å². The molecule has 19 nitrogen and oxygen atoms in total. The molecule has 3 amide bonds. The maximum Gasteiger partial charge on any atom is 0.276 e. The minimum absolute atomic E-state index is 0.194. The fourth-order valence-electron chi connectivity index (χ4n) is 8.12. The van der Waals surface area contributed by atoms with Crippen molar-refractivity contribution < 1.29 is 29.0 Å². The Morgan fingerprint density at radius 1 is 0.892 bits per heavy atom. The number of aryl methyl sites for hydroxylation is 4. The molecule has 1 unspecified atom stereocenters. The number of hydrogen-bond acceptors (Lipinski definition) is 14. The summed E-state index contributed by atoms with van der Waals surface area (Å²) in [6.07, 6.45) is 3.83. The highest BCUT2D eigenvalue weighted by molar-refractivity contribution is 7.13. The van der Waals surface area contributed by atoms with Crippen LogP contribution < -0.4 is 31.6 Å². The van der Waals surface area contributed by atoms with Crippen LogP contribution in [0.1, 0.15) is 92.8 Å². The van der Waals surface area contributed by atoms with Crippen molar-refractivity contribution in [3.05, 3.63) is 80.6 Å². The second-order valence-corrected chi connectivity index (χ2v) is 17.4. The van der Waals surface area contributed by atoms with Crippen LogP contribution >= 0.6 is 11.3 Å². The van der Waals surface area contributed by atoms with Gasteiger partial charge < -0.3 is 40.1 Å². The van der Waals surface area contributed by atoms with Gasteiger partial charge in [0, 0.05) is 69.5 Å². The number of carbonyl (C=O) groups is 3. The van der Waals surface area contributed by atoms with Crippen molar-refractivity contribution >= 4 is 63.0 Å². The Kier molecular flexibility index (Phi) is 14.6. The molecular formula is C45H59N13O6S. The van der Waals surface area contributed by atoms with E-state index in [1.165, 1.54) is 18.4 Å². The number of nitrogens with one attached hydrogen (secondary N) is 2. The van der Waals surface area contributed by atoms with Crippen molar-refractivity contribution in [2.45, 2.75) is 86.3 Å². The Hall–Kier alpha value is -6.19. The average molecular weight is 910 g/mol. The van der Waals surface area contributed by atoms with Gasteiger partial charge in [0.25, 0.3) is 11.8 Å². The van der Waals surface area contributed by atoms with Crippen LogP contribution in [0.5, 0.6) is 11.5 Å². The van der Waals surface area contributed by atoms with E-state index < -0.39 is 18.0 Å². The summed E-state index contributed by atoms with van der Waals surface area (Å²) in [5.41, 5.74) is 16.0. The normalized spacial score (nSPS) is 14.2. The predicted molar refractivity (Wildman–Crippen MR) is 251 cm³/mol. The van der Waals surface area contributed by atoms with Crippen molar-refractivity contribution in [2.75, 3.05) is 57.1 Å². The van der Waals surface area contributed by atoms with Gasteiger partial charge in [-0.15, -0.1) is 11.3 Å². The van der Waals surface area contributed by atoms with Gasteiger partial charge in [0.2, 0.25) is 17.8 Å². The first-order chi connectivity index (χ1) is 31.2. The fraction of sp³-hybridized carbons (Fsp3) is 0.444. The smallest absolute Gasteiger partial charge is 0.276 e. The first kappa shape index (κ1) is 46.8. The van der Waals surface area contributed by atoms with E-state index in [0.29, 0.717) is 86.7 Å². The number of primary amides is 1. The average Bonchev–Trinajstić information content (AvgIpc) is 4.05. The zero-order valence-electron chi connectivity index (χ0n) is 38.1. The number of nitrogens with two attached hydrogens (primary N) is 2. The van der Waals surface area contributed by atoms with E-state index in [4.69, 9.17) is 30.9 Å². The number of aromatic nitrogens is 7. The third kappa shape index (κ3) is 10.4. The Morgan fingerprint density at radius 2 is 1.54 bits per heavy atom. The molecule has 1 aliphatic rings. The van der Waals surface area contributed by atoms with Crippen LogP contribution in [0.3, 0.4) is 0 Å². The highest BCUT2D eigenvalue weighted by Gasteiger charge is 2.25. The molecule has 0 saturated carbocycles. The first-order valence-corrected chi connectivity index (χ1v) is 22.7. The lowest BCUT2D eigenvalue weighted by molar-refractivity contribution is 0.0994. The Labute approximate surface area is 381 Å². The van der Waals surface area contributed by atoms with Gasteiger partial charge >= 0.3 is 0 Å². The topological polar surface area (TPSA) is 239 Å². The summed E-state index contributed by atoms with van der Waals surface area (Å²) in [6, 6.07) is 8.73. The molecule has 346 valence electrons. The van der Waals surface area contributed by atoms with Crippen LogP contribution in [0.4, 0.5) is 11.9 Å². The van der Waals surface area contributed by atoms with Crippen LogP contribution in [0, 0.1) is 13.8 Å². The number of hydrogen-bond donors (Lipinski definition) is 5. The van der Waals surface area contributed by atoms with Crippen LogP contribution in [0.15, 0.2) is 42.5 Å². The van der Waals surface area contributed by atoms with Gasteiger partial charge in [0.15, 0.2) is 0 Å².